The predicted octanol–water partition coefficient (Wildman–Crippen LogP) is -3.99. The van der Waals surface area contributed by atoms with Gasteiger partial charge in [0.05, 0.1) is 12.5 Å². The fourth-order valence-electron chi connectivity index (χ4n) is 12.6. The zero-order valence-electron chi connectivity index (χ0n) is 72.3. The first-order chi connectivity index (χ1) is 57.8. The molecule has 1 aromatic rings. The van der Waals surface area contributed by atoms with Crippen LogP contribution in [-0.2, 0) is 97.5 Å². The third-order valence-electron chi connectivity index (χ3n) is 20.6. The van der Waals surface area contributed by atoms with Gasteiger partial charge in [-0.15, -0.1) is 0 Å². The van der Waals surface area contributed by atoms with E-state index in [1.807, 2.05) is 0 Å². The zero-order valence-corrected chi connectivity index (χ0v) is 72.3. The van der Waals surface area contributed by atoms with E-state index in [9.17, 15) is 112 Å². The van der Waals surface area contributed by atoms with Crippen molar-refractivity contribution in [2.45, 2.75) is 302 Å². The number of phenolic OH excluding ortho intramolecular Hbond substituents is 1. The van der Waals surface area contributed by atoms with E-state index >= 15 is 0 Å². The number of carboxylic acids is 3. The highest BCUT2D eigenvalue weighted by Gasteiger charge is 2.41. The van der Waals surface area contributed by atoms with E-state index in [2.05, 4.69) is 69.1 Å². The van der Waals surface area contributed by atoms with Gasteiger partial charge in [-0.3, -0.25) is 86.3 Å². The van der Waals surface area contributed by atoms with Crippen LogP contribution in [0.2, 0.25) is 0 Å². The number of nitrogens with two attached hydrogens (primary N) is 7. The molecule has 43 heteroatoms. The second kappa shape index (κ2) is 58.0. The smallest absolute Gasteiger partial charge is 0.326 e. The quantitative estimate of drug-likeness (QED) is 0.0277. The largest absolute Gasteiger partial charge is 0.508 e. The number of amides is 16. The maximum atomic E-state index is 14.8. The highest BCUT2D eigenvalue weighted by molar-refractivity contribution is 6.01. The lowest BCUT2D eigenvalue weighted by atomic mass is 9.94. The first-order valence-corrected chi connectivity index (χ1v) is 41.9. The van der Waals surface area contributed by atoms with Crippen molar-refractivity contribution in [1.82, 2.24) is 69.1 Å². The number of hydrogen-bond donors (Lipinski definition) is 24. The van der Waals surface area contributed by atoms with E-state index < -0.39 is 278 Å². The van der Waals surface area contributed by atoms with Crippen LogP contribution in [0.4, 0.5) is 0 Å². The van der Waals surface area contributed by atoms with Gasteiger partial charge in [-0.2, -0.15) is 0 Å². The average Bonchev–Trinajstić information content (AvgIpc) is 0.843. The van der Waals surface area contributed by atoms with Crippen LogP contribution in [0.15, 0.2) is 24.3 Å². The molecule has 0 radical (unpaired) electrons. The number of hydrogen-bond acceptors (Lipinski definition) is 24. The molecule has 0 aliphatic carbocycles. The molecule has 17 atom stereocenters. The lowest BCUT2D eigenvalue weighted by molar-refractivity contribution is -0.142. The Bertz CT molecular complexity index is 3690. The lowest BCUT2D eigenvalue weighted by Crippen LogP contribution is -2.62. The summed E-state index contributed by atoms with van der Waals surface area (Å²) in [6, 6.07) is -16.1. The molecular weight excluding hydrogens is 1610 g/mol. The van der Waals surface area contributed by atoms with Crippen LogP contribution in [0, 0.1) is 29.6 Å². The minimum Gasteiger partial charge on any atom is -0.508 e. The molecule has 694 valence electrons. The van der Waals surface area contributed by atoms with Gasteiger partial charge in [0.15, 0.2) is 0 Å². The minimum absolute atomic E-state index is 0.0782. The Hall–Kier alpha value is -11.2. The first-order valence-electron chi connectivity index (χ1n) is 41.9. The number of carboxylic acid groups (broad SMARTS) is 3. The monoisotopic (exact) mass is 1750 g/mol. The van der Waals surface area contributed by atoms with Gasteiger partial charge in [-0.05, 0) is 157 Å². The molecule has 0 bridgehead atoms. The molecule has 0 heterocycles. The number of unbranched alkanes of at least 4 members (excludes halogenated alkanes) is 3. The second-order valence-corrected chi connectivity index (χ2v) is 31.7. The van der Waals surface area contributed by atoms with Crippen molar-refractivity contribution in [3.8, 4) is 5.75 Å². The summed E-state index contributed by atoms with van der Waals surface area (Å²) in [5.74, 6) is -23.3. The number of aromatic hydroxyl groups is 1. The SMILES string of the molecule is CC[C@H](C)[C@H](NC(=O)[C@H](CC(C)C)NC(=O)[C@H](CCC(N)=O)NC(=O)[C@H](CCC(=O)O)NC(=O)[C@@H](NC(=O)[C@@H](NC(=O)[C@H](CCC(N)=O)NC(=O)[C@@H](N)CC(N)=O)[C@@H](C)CC)[C@@H](C)CC)C(=O)N[C@@H](CCCCN)C(=O)N[C@@H](CCCCN)C(=O)N[C@@H](CCC(=O)O)C(=O)N[C@@H](CCCCN)C(=O)N[C@H](C(=O)N[C@@H](Cc1ccc(O)cc1)C(=O)O)C(C)C. The minimum atomic E-state index is -1.81. The normalized spacial score (nSPS) is 15.4. The molecule has 1 rings (SSSR count). The lowest BCUT2D eigenvalue weighted by Gasteiger charge is -2.31. The van der Waals surface area contributed by atoms with Gasteiger partial charge in [0, 0.05) is 32.1 Å². The van der Waals surface area contributed by atoms with Crippen molar-refractivity contribution < 1.29 is 112 Å². The highest BCUT2D eigenvalue weighted by atomic mass is 16.4. The third kappa shape index (κ3) is 42.4. The zero-order chi connectivity index (χ0) is 93.5. The van der Waals surface area contributed by atoms with Gasteiger partial charge < -0.3 is 130 Å². The second-order valence-electron chi connectivity index (χ2n) is 31.7. The van der Waals surface area contributed by atoms with E-state index in [1.165, 1.54) is 24.3 Å². The van der Waals surface area contributed by atoms with E-state index in [-0.39, 0.29) is 102 Å². The summed E-state index contributed by atoms with van der Waals surface area (Å²) in [6.07, 6.45) is -3.66. The van der Waals surface area contributed by atoms with Crippen molar-refractivity contribution in [3.05, 3.63) is 29.8 Å². The van der Waals surface area contributed by atoms with Crippen LogP contribution in [0.5, 0.6) is 5.75 Å². The van der Waals surface area contributed by atoms with Gasteiger partial charge in [0.1, 0.15) is 84.3 Å². The molecule has 0 saturated carbocycles. The number of phenols is 1. The predicted molar refractivity (Wildman–Crippen MR) is 448 cm³/mol. The van der Waals surface area contributed by atoms with E-state index in [0.717, 1.165) is 0 Å². The average molecular weight is 1750 g/mol. The summed E-state index contributed by atoms with van der Waals surface area (Å²) in [6.45, 7) is 16.7. The van der Waals surface area contributed by atoms with Crippen molar-refractivity contribution in [2.24, 2.45) is 69.7 Å². The molecule has 0 aliphatic rings. The number of carbonyl (C=O) groups is 19. The van der Waals surface area contributed by atoms with Crippen molar-refractivity contribution in [1.29, 1.82) is 0 Å². The number of rotatable bonds is 64. The van der Waals surface area contributed by atoms with Crippen LogP contribution in [0.1, 0.15) is 216 Å². The van der Waals surface area contributed by atoms with Crippen LogP contribution in [-0.4, -0.2) is 237 Å². The van der Waals surface area contributed by atoms with Gasteiger partial charge in [0.2, 0.25) is 94.5 Å². The van der Waals surface area contributed by atoms with E-state index in [1.54, 1.807) is 69.2 Å². The van der Waals surface area contributed by atoms with Crippen LogP contribution < -0.4 is 109 Å². The number of carbonyl (C=O) groups excluding carboxylic acids is 16. The maximum absolute atomic E-state index is 14.8. The van der Waals surface area contributed by atoms with Crippen molar-refractivity contribution in [3.63, 3.8) is 0 Å². The van der Waals surface area contributed by atoms with E-state index in [4.69, 9.17) is 40.1 Å². The maximum Gasteiger partial charge on any atom is 0.326 e. The Kier molecular flexibility index (Phi) is 51.7. The molecule has 0 unspecified atom stereocenters. The third-order valence-corrected chi connectivity index (χ3v) is 20.6. The molecule has 0 fully saturated rings. The molecule has 16 amide bonds. The molecular formula is C80H136N20O23. The molecule has 123 heavy (non-hydrogen) atoms. The Balaban J connectivity index is 3.81. The topological polar surface area (TPSA) is 744 Å². The Morgan fingerprint density at radius 3 is 0.894 bits per heavy atom. The summed E-state index contributed by atoms with van der Waals surface area (Å²) in [5.41, 5.74) is 39.8. The standard InChI is InChI=1S/C80H136N20O23/c1-11-43(8)64(77(119)93-50(21-15-18-36-82)69(111)89-49(20-14-17-35-81)68(110)92-54(29-33-61(105)106)70(112)90-51(22-16-19-37-83)73(115)97-63(42(6)7)76(118)96-57(80(122)123)39-46-23-25-47(101)26-24-46)99-75(117)56(38-41(4)5)95-72(114)52(27-31-58(85)102)91-71(113)55(30-34-62(107)108)94-78(120)65(44(9)12-2)100-79(121)66(45(10)13-3)98-74(116)53(28-32-59(86)103)88-67(109)48(84)40-60(87)104/h23-26,41-45,48-57,63-66,101H,11-22,27-40,81-84H2,1-10H3,(H2,85,102)(H2,86,103)(H2,87,104)(H,88,109)(H,89,111)(H,90,112)(H,91,113)(H,92,110)(H,93,119)(H,94,120)(H,95,114)(H,96,118)(H,97,115)(H,98,116)(H,99,117)(H,100,121)(H,105,106)(H,107,108)(H,122,123)/t43-,44-,45-,48-,49-,50-,51-,52-,53-,54-,55-,56-,57-,63-,64-,65-,66-/m0/s1. The summed E-state index contributed by atoms with van der Waals surface area (Å²) in [7, 11) is 0. The van der Waals surface area contributed by atoms with Gasteiger partial charge >= 0.3 is 17.9 Å². The van der Waals surface area contributed by atoms with Crippen LogP contribution >= 0.6 is 0 Å². The fourth-order valence-corrected chi connectivity index (χ4v) is 12.6. The highest BCUT2D eigenvalue weighted by Crippen LogP contribution is 2.20. The number of aliphatic carboxylic acids is 3. The van der Waals surface area contributed by atoms with Gasteiger partial charge in [-0.25, -0.2) is 4.79 Å². The molecule has 0 aromatic heterocycles. The molecule has 43 nitrogen and oxygen atoms in total. The fraction of sp³-hybridized carbons (Fsp3) is 0.688. The van der Waals surface area contributed by atoms with E-state index in [0.29, 0.717) is 24.8 Å². The summed E-state index contributed by atoms with van der Waals surface area (Å²) < 4.78 is 0. The molecule has 1 aromatic carbocycles. The molecule has 31 N–H and O–H groups in total. The summed E-state index contributed by atoms with van der Waals surface area (Å²) in [4.78, 5) is 259. The Morgan fingerprint density at radius 2 is 0.593 bits per heavy atom. The summed E-state index contributed by atoms with van der Waals surface area (Å²) in [5, 5.41) is 72.6. The number of primary amides is 3. The van der Waals surface area contributed by atoms with Crippen LogP contribution in [0.3, 0.4) is 0 Å². The molecule has 0 saturated heterocycles. The van der Waals surface area contributed by atoms with Crippen molar-refractivity contribution in [2.75, 3.05) is 19.6 Å². The number of benzene rings is 1. The Labute approximate surface area is 716 Å². The number of nitrogens with one attached hydrogen (secondary N) is 13. The summed E-state index contributed by atoms with van der Waals surface area (Å²) >= 11 is 0. The van der Waals surface area contributed by atoms with Crippen LogP contribution in [0.25, 0.3) is 0 Å². The first kappa shape index (κ1) is 110. The van der Waals surface area contributed by atoms with Gasteiger partial charge in [-0.1, -0.05) is 101 Å². The Morgan fingerprint density at radius 1 is 0.325 bits per heavy atom. The molecule has 0 aliphatic heterocycles. The molecule has 0 spiro atoms. The van der Waals surface area contributed by atoms with Gasteiger partial charge in [0.25, 0.3) is 0 Å². The van der Waals surface area contributed by atoms with Crippen molar-refractivity contribution >= 4 is 112 Å².